The van der Waals surface area contributed by atoms with E-state index in [9.17, 15) is 9.90 Å². The van der Waals surface area contributed by atoms with Crippen LogP contribution in [0, 0.1) is 6.92 Å². The van der Waals surface area contributed by atoms with Crippen molar-refractivity contribution in [1.82, 2.24) is 19.1 Å². The molecule has 31 heavy (non-hydrogen) atoms. The molecule has 2 N–H and O–H groups in total. The second kappa shape index (κ2) is 6.23. The molecule has 9 nitrogen and oxygen atoms in total. The van der Waals surface area contributed by atoms with Gasteiger partial charge in [0.2, 0.25) is 5.95 Å². The summed E-state index contributed by atoms with van der Waals surface area (Å²) < 4.78 is 14.7. The number of aromatic nitrogens is 4. The number of hydrogen-bond acceptors (Lipinski definition) is 7. The molecule has 0 saturated heterocycles. The van der Waals surface area contributed by atoms with E-state index in [2.05, 4.69) is 10.3 Å². The zero-order valence-electron chi connectivity index (χ0n) is 17.6. The van der Waals surface area contributed by atoms with Gasteiger partial charge in [-0.05, 0) is 50.7 Å². The highest BCUT2D eigenvalue weighted by molar-refractivity contribution is 5.74. The Morgan fingerprint density at radius 2 is 1.84 bits per heavy atom. The largest absolute Gasteiger partial charge is 0.486 e. The van der Waals surface area contributed by atoms with Gasteiger partial charge >= 0.3 is 5.69 Å². The second-order valence-corrected chi connectivity index (χ2v) is 9.14. The number of benzene rings is 1. The maximum Gasteiger partial charge on any atom is 0.330 e. The van der Waals surface area contributed by atoms with Crippen LogP contribution in [0.3, 0.4) is 0 Å². The minimum absolute atomic E-state index is 0.108. The van der Waals surface area contributed by atoms with E-state index in [1.807, 2.05) is 19.1 Å². The molecule has 1 aliphatic heterocycles. The number of anilines is 2. The lowest BCUT2D eigenvalue weighted by Gasteiger charge is -2.27. The molecule has 1 aromatic carbocycles. The SMILES string of the molecule is Cc1cc2c(cc1Nc1ncc3c(n1)n(C14CCC(O)(CC1)C4)c(=O)n3C)OCCO2. The third kappa shape index (κ3) is 2.69. The van der Waals surface area contributed by atoms with E-state index in [0.717, 1.165) is 42.7 Å². The smallest absolute Gasteiger partial charge is 0.330 e. The number of ether oxygens (including phenoxy) is 2. The van der Waals surface area contributed by atoms with Gasteiger partial charge in [0, 0.05) is 18.8 Å². The van der Waals surface area contributed by atoms with Crippen LogP contribution in [0.1, 0.15) is 37.7 Å². The highest BCUT2D eigenvalue weighted by Crippen LogP contribution is 2.55. The van der Waals surface area contributed by atoms with E-state index in [1.54, 1.807) is 22.4 Å². The van der Waals surface area contributed by atoms with E-state index in [-0.39, 0.29) is 11.2 Å². The monoisotopic (exact) mass is 423 g/mol. The van der Waals surface area contributed by atoms with E-state index in [1.165, 1.54) is 0 Å². The molecule has 9 heteroatoms. The zero-order chi connectivity index (χ0) is 21.4. The Kier molecular flexibility index (Phi) is 3.75. The normalized spacial score (nSPS) is 26.5. The molecule has 2 fully saturated rings. The predicted octanol–water partition coefficient (Wildman–Crippen LogP) is 2.36. The van der Waals surface area contributed by atoms with Crippen molar-refractivity contribution in [3.05, 3.63) is 34.4 Å². The van der Waals surface area contributed by atoms with Crippen molar-refractivity contribution in [1.29, 1.82) is 0 Å². The summed E-state index contributed by atoms with van der Waals surface area (Å²) >= 11 is 0. The maximum atomic E-state index is 13.2. The molecular weight excluding hydrogens is 398 g/mol. The van der Waals surface area contributed by atoms with Gasteiger partial charge in [0.1, 0.15) is 18.7 Å². The molecule has 2 saturated carbocycles. The number of rotatable bonds is 3. The molecule has 0 amide bonds. The van der Waals surface area contributed by atoms with Crippen LogP contribution in [0.4, 0.5) is 11.6 Å². The summed E-state index contributed by atoms with van der Waals surface area (Å²) in [6.45, 7) is 3.04. The Labute approximate surface area is 178 Å². The molecule has 2 aromatic heterocycles. The standard InChI is InChI=1S/C22H25N5O4/c1-13-9-16-17(31-8-7-30-16)10-14(13)24-19-23-11-15-18(25-19)27(20(28)26(15)2)21-3-5-22(29,12-21)6-4-21/h9-11,29H,3-8,12H2,1-2H3,(H,23,24,25). The summed E-state index contributed by atoms with van der Waals surface area (Å²) in [5.41, 5.74) is 1.96. The molecule has 6 rings (SSSR count). The van der Waals surface area contributed by atoms with Gasteiger partial charge in [0.25, 0.3) is 0 Å². The van der Waals surface area contributed by atoms with Crippen molar-refractivity contribution in [2.24, 2.45) is 7.05 Å². The minimum atomic E-state index is -0.655. The van der Waals surface area contributed by atoms with Crippen LogP contribution >= 0.6 is 0 Å². The maximum absolute atomic E-state index is 13.2. The van der Waals surface area contributed by atoms with Crippen LogP contribution in [0.5, 0.6) is 11.5 Å². The fourth-order valence-corrected chi connectivity index (χ4v) is 5.49. The minimum Gasteiger partial charge on any atom is -0.486 e. The van der Waals surface area contributed by atoms with Crippen LogP contribution in [-0.4, -0.2) is 43.0 Å². The van der Waals surface area contributed by atoms with E-state index < -0.39 is 5.60 Å². The molecule has 3 heterocycles. The Balaban J connectivity index is 1.43. The van der Waals surface area contributed by atoms with Gasteiger partial charge in [-0.15, -0.1) is 0 Å². The molecule has 0 unspecified atom stereocenters. The van der Waals surface area contributed by atoms with Gasteiger partial charge in [-0.1, -0.05) is 0 Å². The lowest BCUT2D eigenvalue weighted by Crippen LogP contribution is -2.38. The number of nitrogens with one attached hydrogen (secondary N) is 1. The van der Waals surface area contributed by atoms with Gasteiger partial charge in [-0.25, -0.2) is 9.78 Å². The molecule has 2 bridgehead atoms. The van der Waals surface area contributed by atoms with Crippen molar-refractivity contribution in [3.63, 3.8) is 0 Å². The van der Waals surface area contributed by atoms with Crippen LogP contribution in [-0.2, 0) is 12.6 Å². The first-order valence-electron chi connectivity index (χ1n) is 10.7. The quantitative estimate of drug-likeness (QED) is 0.666. The summed E-state index contributed by atoms with van der Waals surface area (Å²) in [6.07, 6.45) is 5.31. The van der Waals surface area contributed by atoms with E-state index >= 15 is 0 Å². The van der Waals surface area contributed by atoms with E-state index in [0.29, 0.717) is 42.5 Å². The molecular formula is C22H25N5O4. The molecule has 162 valence electrons. The first-order chi connectivity index (χ1) is 14.9. The highest BCUT2D eigenvalue weighted by atomic mass is 16.6. The number of imidazole rings is 1. The van der Waals surface area contributed by atoms with Crippen LogP contribution in [0.15, 0.2) is 23.1 Å². The van der Waals surface area contributed by atoms with Gasteiger partial charge < -0.3 is 19.9 Å². The number of hydrogen-bond donors (Lipinski definition) is 2. The average Bonchev–Trinajstić information content (AvgIpc) is 3.36. The van der Waals surface area contributed by atoms with Crippen molar-refractivity contribution >= 4 is 22.8 Å². The summed E-state index contributed by atoms with van der Waals surface area (Å²) in [6, 6.07) is 3.83. The lowest BCUT2D eigenvalue weighted by molar-refractivity contribution is 0.0521. The molecule has 0 spiro atoms. The van der Waals surface area contributed by atoms with Crippen LogP contribution < -0.4 is 20.5 Å². The summed E-state index contributed by atoms with van der Waals surface area (Å²) in [5.74, 6) is 1.83. The molecule has 0 atom stereocenters. The Morgan fingerprint density at radius 3 is 2.52 bits per heavy atom. The average molecular weight is 423 g/mol. The van der Waals surface area contributed by atoms with Crippen LogP contribution in [0.2, 0.25) is 0 Å². The summed E-state index contributed by atoms with van der Waals surface area (Å²) in [5, 5.41) is 14.0. The lowest BCUT2D eigenvalue weighted by atomic mass is 9.92. The highest BCUT2D eigenvalue weighted by Gasteiger charge is 2.55. The first kappa shape index (κ1) is 18.7. The Hall–Kier alpha value is -3.07. The molecule has 2 aliphatic carbocycles. The van der Waals surface area contributed by atoms with Crippen molar-refractivity contribution in [2.75, 3.05) is 18.5 Å². The van der Waals surface area contributed by atoms with Gasteiger partial charge in [-0.2, -0.15) is 4.98 Å². The number of fused-ring (bicyclic) bond motifs is 4. The molecule has 3 aliphatic rings. The first-order valence-corrected chi connectivity index (χ1v) is 10.7. The molecule has 3 aromatic rings. The van der Waals surface area contributed by atoms with Gasteiger partial charge in [0.15, 0.2) is 17.1 Å². The third-order valence-corrected chi connectivity index (χ3v) is 7.18. The third-order valence-electron chi connectivity index (χ3n) is 7.18. The number of aliphatic hydroxyl groups is 1. The Morgan fingerprint density at radius 1 is 1.13 bits per heavy atom. The van der Waals surface area contributed by atoms with Crippen molar-refractivity contribution in [2.45, 2.75) is 50.2 Å². The van der Waals surface area contributed by atoms with Crippen molar-refractivity contribution in [3.8, 4) is 11.5 Å². The second-order valence-electron chi connectivity index (χ2n) is 9.14. The van der Waals surface area contributed by atoms with Crippen LogP contribution in [0.25, 0.3) is 11.2 Å². The van der Waals surface area contributed by atoms with Crippen molar-refractivity contribution < 1.29 is 14.6 Å². The zero-order valence-corrected chi connectivity index (χ0v) is 17.6. The topological polar surface area (TPSA) is 103 Å². The fourth-order valence-electron chi connectivity index (χ4n) is 5.49. The molecule has 0 radical (unpaired) electrons. The van der Waals surface area contributed by atoms with Gasteiger partial charge in [0.05, 0.1) is 17.3 Å². The van der Waals surface area contributed by atoms with Gasteiger partial charge in [-0.3, -0.25) is 9.13 Å². The predicted molar refractivity (Wildman–Crippen MR) is 114 cm³/mol. The fraction of sp³-hybridized carbons (Fsp3) is 0.500. The summed E-state index contributed by atoms with van der Waals surface area (Å²) in [7, 11) is 1.75. The number of aryl methyl sites for hydroxylation is 2. The number of nitrogens with zero attached hydrogens (tertiary/aromatic N) is 4. The summed E-state index contributed by atoms with van der Waals surface area (Å²) in [4.78, 5) is 22.4. The Bertz CT molecular complexity index is 1270. The van der Waals surface area contributed by atoms with E-state index in [4.69, 9.17) is 14.5 Å².